The summed E-state index contributed by atoms with van der Waals surface area (Å²) in [6.07, 6.45) is 1.70. The summed E-state index contributed by atoms with van der Waals surface area (Å²) in [6, 6.07) is 14.4. The molecular weight excluding hydrogens is 270 g/mol. The van der Waals surface area contributed by atoms with E-state index in [1.54, 1.807) is 30.5 Å². The van der Waals surface area contributed by atoms with Crippen molar-refractivity contribution in [1.29, 1.82) is 5.26 Å². The maximum Gasteiger partial charge on any atom is 0.237 e. The minimum absolute atomic E-state index is 0.0923. The van der Waals surface area contributed by atoms with Gasteiger partial charge in [0.2, 0.25) is 5.91 Å². The molecular formula is C15H13N3OS. The summed E-state index contributed by atoms with van der Waals surface area (Å²) in [5.74, 6) is -0.0923. The third-order valence-electron chi connectivity index (χ3n) is 2.59. The fourth-order valence-electron chi connectivity index (χ4n) is 1.52. The fourth-order valence-corrected chi connectivity index (χ4v) is 2.33. The van der Waals surface area contributed by atoms with Gasteiger partial charge in [-0.15, -0.1) is 0 Å². The zero-order valence-corrected chi connectivity index (χ0v) is 11.7. The van der Waals surface area contributed by atoms with Crippen LogP contribution >= 0.6 is 11.8 Å². The number of thioether (sulfide) groups is 1. The molecule has 5 heteroatoms. The maximum atomic E-state index is 12.0. The van der Waals surface area contributed by atoms with Crippen LogP contribution in [0.25, 0.3) is 0 Å². The number of benzene rings is 1. The molecule has 1 aromatic heterocycles. The molecule has 0 saturated carbocycles. The van der Waals surface area contributed by atoms with E-state index in [0.29, 0.717) is 11.3 Å². The molecule has 0 aliphatic carbocycles. The number of nitrogens with one attached hydrogen (secondary N) is 1. The van der Waals surface area contributed by atoms with E-state index in [9.17, 15) is 4.79 Å². The second-order valence-corrected chi connectivity index (χ2v) is 5.47. The van der Waals surface area contributed by atoms with E-state index in [2.05, 4.69) is 10.3 Å². The quantitative estimate of drug-likeness (QED) is 0.876. The Labute approximate surface area is 121 Å². The number of pyridine rings is 1. The van der Waals surface area contributed by atoms with Crippen LogP contribution in [0.4, 0.5) is 5.69 Å². The van der Waals surface area contributed by atoms with Crippen molar-refractivity contribution in [2.45, 2.75) is 17.2 Å². The molecule has 2 aromatic rings. The third-order valence-corrected chi connectivity index (χ3v) is 3.64. The summed E-state index contributed by atoms with van der Waals surface area (Å²) in [5, 5.41) is 12.1. The molecule has 1 unspecified atom stereocenters. The second-order valence-electron chi connectivity index (χ2n) is 4.11. The number of hydrogen-bond acceptors (Lipinski definition) is 4. The number of aromatic nitrogens is 1. The lowest BCUT2D eigenvalue weighted by molar-refractivity contribution is -0.115. The molecule has 0 spiro atoms. The van der Waals surface area contributed by atoms with Crippen LogP contribution in [-0.4, -0.2) is 16.1 Å². The first kappa shape index (κ1) is 14.1. The normalized spacial score (nSPS) is 11.4. The molecule has 1 aromatic carbocycles. The second kappa shape index (κ2) is 6.73. The lowest BCUT2D eigenvalue weighted by Crippen LogP contribution is -2.22. The lowest BCUT2D eigenvalue weighted by Gasteiger charge is -2.11. The van der Waals surface area contributed by atoms with Gasteiger partial charge in [-0.1, -0.05) is 17.8 Å². The van der Waals surface area contributed by atoms with Crippen molar-refractivity contribution in [3.05, 3.63) is 54.2 Å². The molecule has 1 heterocycles. The number of rotatable bonds is 4. The maximum absolute atomic E-state index is 12.0. The summed E-state index contributed by atoms with van der Waals surface area (Å²) >= 11 is 1.40. The van der Waals surface area contributed by atoms with Crippen LogP contribution in [0.3, 0.4) is 0 Å². The van der Waals surface area contributed by atoms with E-state index in [-0.39, 0.29) is 11.2 Å². The van der Waals surface area contributed by atoms with Crippen molar-refractivity contribution in [1.82, 2.24) is 4.98 Å². The summed E-state index contributed by atoms with van der Waals surface area (Å²) < 4.78 is 0. The van der Waals surface area contributed by atoms with E-state index in [0.717, 1.165) is 5.03 Å². The molecule has 0 saturated heterocycles. The average molecular weight is 283 g/mol. The molecule has 100 valence electrons. The molecule has 0 aliphatic rings. The van der Waals surface area contributed by atoms with Gasteiger partial charge in [-0.25, -0.2) is 4.98 Å². The molecule has 4 nitrogen and oxygen atoms in total. The van der Waals surface area contributed by atoms with Crippen LogP contribution < -0.4 is 5.32 Å². The largest absolute Gasteiger partial charge is 0.325 e. The van der Waals surface area contributed by atoms with E-state index in [1.807, 2.05) is 31.2 Å². The summed E-state index contributed by atoms with van der Waals surface area (Å²) in [7, 11) is 0. The van der Waals surface area contributed by atoms with Gasteiger partial charge in [-0.3, -0.25) is 4.79 Å². The van der Waals surface area contributed by atoms with Gasteiger partial charge in [0.05, 0.1) is 21.9 Å². The first-order valence-electron chi connectivity index (χ1n) is 6.08. The highest BCUT2D eigenvalue weighted by atomic mass is 32.2. The number of carbonyl (C=O) groups is 1. The molecule has 20 heavy (non-hydrogen) atoms. The fraction of sp³-hybridized carbons (Fsp3) is 0.133. The first-order valence-corrected chi connectivity index (χ1v) is 6.96. The van der Waals surface area contributed by atoms with Crippen LogP contribution in [0.2, 0.25) is 0 Å². The molecule has 0 bridgehead atoms. The van der Waals surface area contributed by atoms with Crippen LogP contribution in [0.15, 0.2) is 53.7 Å². The Balaban J connectivity index is 1.95. The Kier molecular flexibility index (Phi) is 4.75. The minimum atomic E-state index is -0.249. The lowest BCUT2D eigenvalue weighted by atomic mass is 10.2. The van der Waals surface area contributed by atoms with Gasteiger partial charge in [-0.2, -0.15) is 5.26 Å². The van der Waals surface area contributed by atoms with Crippen molar-refractivity contribution in [3.63, 3.8) is 0 Å². The minimum Gasteiger partial charge on any atom is -0.325 e. The highest BCUT2D eigenvalue weighted by molar-refractivity contribution is 8.00. The number of nitriles is 1. The monoisotopic (exact) mass is 283 g/mol. The number of anilines is 1. The Bertz CT molecular complexity index is 620. The zero-order valence-electron chi connectivity index (χ0n) is 10.9. The molecule has 2 rings (SSSR count). The summed E-state index contributed by atoms with van der Waals surface area (Å²) in [4.78, 5) is 16.2. The predicted octanol–water partition coefficient (Wildman–Crippen LogP) is 3.07. The molecule has 0 radical (unpaired) electrons. The average Bonchev–Trinajstić information content (AvgIpc) is 2.49. The van der Waals surface area contributed by atoms with Crippen molar-refractivity contribution in [3.8, 4) is 6.07 Å². The highest BCUT2D eigenvalue weighted by Crippen LogP contribution is 2.21. The SMILES string of the molecule is CC(Sc1ccccn1)C(=O)Nc1ccc(C#N)cc1. The molecule has 1 N–H and O–H groups in total. The van der Waals surface area contributed by atoms with E-state index in [1.165, 1.54) is 11.8 Å². The van der Waals surface area contributed by atoms with Crippen molar-refractivity contribution < 1.29 is 4.79 Å². The van der Waals surface area contributed by atoms with Gasteiger partial charge in [0, 0.05) is 11.9 Å². The van der Waals surface area contributed by atoms with E-state index >= 15 is 0 Å². The van der Waals surface area contributed by atoms with Crippen molar-refractivity contribution in [2.24, 2.45) is 0 Å². The predicted molar refractivity (Wildman–Crippen MR) is 79.3 cm³/mol. The zero-order chi connectivity index (χ0) is 14.4. The summed E-state index contributed by atoms with van der Waals surface area (Å²) in [6.45, 7) is 1.83. The number of amides is 1. The van der Waals surface area contributed by atoms with Gasteiger partial charge in [-0.05, 0) is 43.3 Å². The number of nitrogens with zero attached hydrogens (tertiary/aromatic N) is 2. The molecule has 1 amide bonds. The Morgan fingerprint density at radius 1 is 1.30 bits per heavy atom. The molecule has 0 aliphatic heterocycles. The summed E-state index contributed by atoms with van der Waals surface area (Å²) in [5.41, 5.74) is 1.25. The highest BCUT2D eigenvalue weighted by Gasteiger charge is 2.14. The van der Waals surface area contributed by atoms with Gasteiger partial charge < -0.3 is 5.32 Å². The standard InChI is InChI=1S/C15H13N3OS/c1-11(20-14-4-2-3-9-17-14)15(19)18-13-7-5-12(10-16)6-8-13/h2-9,11H,1H3,(H,18,19). The van der Waals surface area contributed by atoms with Gasteiger partial charge in [0.25, 0.3) is 0 Å². The van der Waals surface area contributed by atoms with Crippen LogP contribution in [-0.2, 0) is 4.79 Å². The van der Waals surface area contributed by atoms with Gasteiger partial charge >= 0.3 is 0 Å². The van der Waals surface area contributed by atoms with Crippen LogP contribution in [0.5, 0.6) is 0 Å². The Morgan fingerprint density at radius 2 is 2.05 bits per heavy atom. The first-order chi connectivity index (χ1) is 9.69. The number of carbonyl (C=O) groups excluding carboxylic acids is 1. The topological polar surface area (TPSA) is 65.8 Å². The Morgan fingerprint density at radius 3 is 2.65 bits per heavy atom. The van der Waals surface area contributed by atoms with E-state index < -0.39 is 0 Å². The van der Waals surface area contributed by atoms with E-state index in [4.69, 9.17) is 5.26 Å². The van der Waals surface area contributed by atoms with Crippen LogP contribution in [0.1, 0.15) is 12.5 Å². The van der Waals surface area contributed by atoms with Crippen molar-refractivity contribution in [2.75, 3.05) is 5.32 Å². The van der Waals surface area contributed by atoms with Gasteiger partial charge in [0.15, 0.2) is 0 Å². The van der Waals surface area contributed by atoms with Gasteiger partial charge in [0.1, 0.15) is 0 Å². The van der Waals surface area contributed by atoms with Crippen LogP contribution in [0, 0.1) is 11.3 Å². The molecule has 1 atom stereocenters. The van der Waals surface area contributed by atoms with Crippen molar-refractivity contribution >= 4 is 23.4 Å². The number of hydrogen-bond donors (Lipinski definition) is 1. The molecule has 0 fully saturated rings. The third kappa shape index (κ3) is 3.84. The smallest absolute Gasteiger partial charge is 0.237 e. The Hall–Kier alpha value is -2.32.